The minimum atomic E-state index is -0.297. The van der Waals surface area contributed by atoms with Gasteiger partial charge < -0.3 is 22.9 Å². The third-order valence-electron chi connectivity index (χ3n) is 7.66. The molecular weight excluding hydrogens is 464 g/mol. The van der Waals surface area contributed by atoms with Gasteiger partial charge >= 0.3 is 0 Å². The van der Waals surface area contributed by atoms with Crippen molar-refractivity contribution < 1.29 is 0 Å². The maximum absolute atomic E-state index is 6.65. The van der Waals surface area contributed by atoms with E-state index < -0.39 is 0 Å². The third kappa shape index (κ3) is 10.2. The highest BCUT2D eigenvalue weighted by Gasteiger charge is 2.41. The van der Waals surface area contributed by atoms with Gasteiger partial charge in [-0.2, -0.15) is 0 Å². The lowest BCUT2D eigenvalue weighted by Gasteiger charge is -2.45. The maximum atomic E-state index is 6.65. The van der Waals surface area contributed by atoms with Gasteiger partial charge in [-0.15, -0.1) is 0 Å². The molecule has 0 radical (unpaired) electrons. The van der Waals surface area contributed by atoms with Crippen molar-refractivity contribution in [3.63, 3.8) is 0 Å². The van der Waals surface area contributed by atoms with Gasteiger partial charge in [-0.3, -0.25) is 0 Å². The molecule has 0 aliphatic carbocycles. The summed E-state index contributed by atoms with van der Waals surface area (Å²) < 4.78 is 0. The van der Waals surface area contributed by atoms with Crippen LogP contribution in [0.2, 0.25) is 0 Å². The van der Waals surface area contributed by atoms with E-state index in [1.807, 2.05) is 0 Å². The Kier molecular flexibility index (Phi) is 9.67. The first kappa shape index (κ1) is 35.1. The Balaban J connectivity index is 4.27. The van der Waals surface area contributed by atoms with Crippen molar-refractivity contribution in [2.45, 2.75) is 180 Å². The molecule has 1 aromatic rings. The smallest absolute Gasteiger partial charge is 0.0105 e. The monoisotopic (exact) mass is 531 g/mol. The fraction of sp³-hybridized carbons (Fsp3) is 0.824. The Bertz CT molecular complexity index is 798. The molecule has 0 heterocycles. The third-order valence-corrected chi connectivity index (χ3v) is 7.66. The average molecular weight is 531 g/mol. The summed E-state index contributed by atoms with van der Waals surface area (Å²) in [5, 5.41) is 0. The van der Waals surface area contributed by atoms with Crippen molar-refractivity contribution >= 4 is 0 Å². The zero-order chi connectivity index (χ0) is 30.6. The number of benzene rings is 1. The van der Waals surface area contributed by atoms with E-state index in [0.29, 0.717) is 0 Å². The topological polar surface area (TPSA) is 104 Å². The fourth-order valence-electron chi connectivity index (χ4n) is 7.78. The minimum Gasteiger partial charge on any atom is -0.326 e. The van der Waals surface area contributed by atoms with Crippen LogP contribution in [0.3, 0.4) is 0 Å². The van der Waals surface area contributed by atoms with Crippen LogP contribution in [0.25, 0.3) is 0 Å². The Morgan fingerprint density at radius 1 is 0.342 bits per heavy atom. The summed E-state index contributed by atoms with van der Waals surface area (Å²) in [4.78, 5) is 0. The first-order chi connectivity index (χ1) is 16.3. The van der Waals surface area contributed by atoms with E-state index in [9.17, 15) is 0 Å². The zero-order valence-electron chi connectivity index (χ0n) is 28.3. The molecular formula is C34H66N4. The second-order valence-corrected chi connectivity index (χ2v) is 18.1. The van der Waals surface area contributed by atoms with Gasteiger partial charge in [0.05, 0.1) is 0 Å². The van der Waals surface area contributed by atoms with Crippen molar-refractivity contribution in [2.75, 3.05) is 0 Å². The highest BCUT2D eigenvalue weighted by molar-refractivity contribution is 5.51. The van der Waals surface area contributed by atoms with Gasteiger partial charge in [0.15, 0.2) is 0 Å². The molecule has 0 aromatic heterocycles. The van der Waals surface area contributed by atoms with E-state index in [1.54, 1.807) is 0 Å². The number of nitrogens with two attached hydrogens (primary N) is 4. The van der Waals surface area contributed by atoms with E-state index in [0.717, 1.165) is 25.7 Å². The highest BCUT2D eigenvalue weighted by Crippen LogP contribution is 2.48. The van der Waals surface area contributed by atoms with Gasteiger partial charge in [-0.1, -0.05) is 67.5 Å². The van der Waals surface area contributed by atoms with Gasteiger partial charge in [0.2, 0.25) is 0 Å². The van der Waals surface area contributed by atoms with Crippen molar-refractivity contribution in [3.05, 3.63) is 34.4 Å². The summed E-state index contributed by atoms with van der Waals surface area (Å²) in [5.74, 6) is 0. The Hall–Kier alpha value is -0.940. The molecule has 0 bridgehead atoms. The summed E-state index contributed by atoms with van der Waals surface area (Å²) in [6.07, 6.45) is 3.48. The largest absolute Gasteiger partial charge is 0.326 e. The van der Waals surface area contributed by atoms with Crippen LogP contribution >= 0.6 is 0 Å². The molecule has 0 fully saturated rings. The highest BCUT2D eigenvalue weighted by atomic mass is 14.7. The van der Waals surface area contributed by atoms with Gasteiger partial charge in [-0.05, 0) is 125 Å². The first-order valence-corrected chi connectivity index (χ1v) is 14.6. The molecule has 38 heavy (non-hydrogen) atoms. The SMILES string of the molecule is CC(C)(N)CC(C)(C)c1cc(C(C)(C)CC(C)(C)N)c(C(C)(C)CC(C)(C)N)cc1C(C)(C)CC(C)(C)N. The van der Waals surface area contributed by atoms with Gasteiger partial charge in [0, 0.05) is 22.2 Å². The van der Waals surface area contributed by atoms with E-state index in [1.165, 1.54) is 22.3 Å². The van der Waals surface area contributed by atoms with Crippen LogP contribution in [-0.2, 0) is 21.7 Å². The van der Waals surface area contributed by atoms with Crippen LogP contribution in [0.1, 0.15) is 159 Å². The van der Waals surface area contributed by atoms with Crippen LogP contribution in [0, 0.1) is 0 Å². The van der Waals surface area contributed by atoms with E-state index >= 15 is 0 Å². The van der Waals surface area contributed by atoms with Crippen molar-refractivity contribution in [1.82, 2.24) is 0 Å². The molecule has 0 saturated heterocycles. The molecule has 0 spiro atoms. The van der Waals surface area contributed by atoms with Crippen molar-refractivity contribution in [1.29, 1.82) is 0 Å². The summed E-state index contributed by atoms with van der Waals surface area (Å²) >= 11 is 0. The lowest BCUT2D eigenvalue weighted by Crippen LogP contribution is -2.44. The molecule has 222 valence electrons. The molecule has 0 saturated carbocycles. The number of rotatable bonds is 12. The quantitative estimate of drug-likeness (QED) is 0.227. The van der Waals surface area contributed by atoms with E-state index in [2.05, 4.69) is 123 Å². The van der Waals surface area contributed by atoms with E-state index in [4.69, 9.17) is 22.9 Å². The number of hydrogen-bond donors (Lipinski definition) is 4. The minimum absolute atomic E-state index is 0.136. The summed E-state index contributed by atoms with van der Waals surface area (Å²) in [5.41, 5.74) is 30.3. The summed E-state index contributed by atoms with van der Waals surface area (Å²) in [6.45, 7) is 35.8. The predicted molar refractivity (Wildman–Crippen MR) is 170 cm³/mol. The lowest BCUT2D eigenvalue weighted by atomic mass is 9.61. The Morgan fingerprint density at radius 2 is 0.474 bits per heavy atom. The van der Waals surface area contributed by atoms with E-state index in [-0.39, 0.29) is 43.8 Å². The molecule has 1 rings (SSSR count). The van der Waals surface area contributed by atoms with Crippen molar-refractivity contribution in [3.8, 4) is 0 Å². The van der Waals surface area contributed by atoms with Crippen LogP contribution in [-0.4, -0.2) is 22.2 Å². The Morgan fingerprint density at radius 3 is 0.579 bits per heavy atom. The summed E-state index contributed by atoms with van der Waals surface area (Å²) in [7, 11) is 0. The molecule has 4 nitrogen and oxygen atoms in total. The molecule has 0 unspecified atom stereocenters. The molecule has 8 N–H and O–H groups in total. The standard InChI is InChI=1S/C34H66N4/c1-27(2,19-31(9,10)35)23-17-25(29(5,6)21-33(13,14)37)26(30(7,8)22-34(15,16)38)18-24(23)28(3,4)20-32(11,12)36/h17-18H,19-22,35-38H2,1-16H3. The average Bonchev–Trinajstić information content (AvgIpc) is 2.52. The van der Waals surface area contributed by atoms with Crippen LogP contribution < -0.4 is 22.9 Å². The van der Waals surface area contributed by atoms with Gasteiger partial charge in [0.1, 0.15) is 0 Å². The second kappa shape index (κ2) is 10.5. The Labute approximate surface area is 237 Å². The van der Waals surface area contributed by atoms with Crippen LogP contribution in [0.5, 0.6) is 0 Å². The zero-order valence-corrected chi connectivity index (χ0v) is 28.3. The molecule has 0 aliphatic heterocycles. The first-order valence-electron chi connectivity index (χ1n) is 14.6. The van der Waals surface area contributed by atoms with Crippen LogP contribution in [0.15, 0.2) is 12.1 Å². The molecule has 1 aromatic carbocycles. The van der Waals surface area contributed by atoms with Crippen molar-refractivity contribution in [2.24, 2.45) is 22.9 Å². The van der Waals surface area contributed by atoms with Gasteiger partial charge in [0.25, 0.3) is 0 Å². The number of hydrogen-bond acceptors (Lipinski definition) is 4. The molecule has 0 amide bonds. The second-order valence-electron chi connectivity index (χ2n) is 18.1. The molecule has 4 heteroatoms. The normalized spacial score (nSPS) is 15.3. The fourth-order valence-corrected chi connectivity index (χ4v) is 7.78. The van der Waals surface area contributed by atoms with Gasteiger partial charge in [-0.25, -0.2) is 0 Å². The summed E-state index contributed by atoms with van der Waals surface area (Å²) in [6, 6.07) is 5.03. The van der Waals surface area contributed by atoms with Crippen LogP contribution in [0.4, 0.5) is 0 Å². The molecule has 0 aliphatic rings. The predicted octanol–water partition coefficient (Wildman–Crippen LogP) is 7.31. The molecule has 0 atom stereocenters. The lowest BCUT2D eigenvalue weighted by molar-refractivity contribution is 0.311. The maximum Gasteiger partial charge on any atom is 0.0105 e.